The highest BCUT2D eigenvalue weighted by Gasteiger charge is 2.48. The Hall–Kier alpha value is -4.46. The molecular weight excluding hydrogens is 605 g/mol. The molecule has 17 heteroatoms. The number of anilines is 1. The fourth-order valence-electron chi connectivity index (χ4n) is 4.63. The van der Waals surface area contributed by atoms with Gasteiger partial charge in [0, 0.05) is 30.6 Å². The number of halogens is 3. The number of fused-ring (bicyclic) bond motifs is 1. The number of nitrogens with one attached hydrogen (secondary N) is 1. The summed E-state index contributed by atoms with van der Waals surface area (Å²) in [5, 5.41) is 30.8. The molecule has 5 N–H and O–H groups in total. The molecule has 3 heterocycles. The van der Waals surface area contributed by atoms with Gasteiger partial charge in [-0.1, -0.05) is 0 Å². The van der Waals surface area contributed by atoms with E-state index in [1.807, 2.05) is 6.07 Å². The predicted molar refractivity (Wildman–Crippen MR) is 151 cm³/mol. The van der Waals surface area contributed by atoms with Crippen LogP contribution in [-0.4, -0.2) is 77.5 Å². The predicted octanol–water partition coefficient (Wildman–Crippen LogP) is 3.88. The summed E-state index contributed by atoms with van der Waals surface area (Å²) < 4.78 is 47.7. The van der Waals surface area contributed by atoms with Crippen LogP contribution in [-0.2, 0) is 16.1 Å². The maximum atomic E-state index is 13.7. The number of carbonyl (C=O) groups is 2. The van der Waals surface area contributed by atoms with Crippen molar-refractivity contribution < 1.29 is 37.7 Å². The van der Waals surface area contributed by atoms with Gasteiger partial charge in [0.15, 0.2) is 34.0 Å². The SMILES string of the molecule is CC(C)(C)OC(=O)NC(C(=O)N1CCC(CCn2cnc(N)c3nc(Sc4cc(O)c(O)cc4C#N)nc2-3)CC1)C(F)(F)F. The fraction of sp³-hybridized carbons (Fsp3) is 0.481. The molecule has 1 saturated heterocycles. The number of aryl methyl sites for hydroxylation is 1. The highest BCUT2D eigenvalue weighted by molar-refractivity contribution is 7.99. The van der Waals surface area contributed by atoms with E-state index in [2.05, 4.69) is 15.0 Å². The molecule has 1 unspecified atom stereocenters. The van der Waals surface area contributed by atoms with Crippen LogP contribution >= 0.6 is 11.8 Å². The van der Waals surface area contributed by atoms with Crippen LogP contribution in [0.15, 0.2) is 28.5 Å². The molecular formula is C27H31F3N8O5S. The summed E-state index contributed by atoms with van der Waals surface area (Å²) >= 11 is 1.000. The number of alkyl carbamates (subject to hydrolysis) is 1. The number of phenols is 2. The van der Waals surface area contributed by atoms with E-state index in [9.17, 15) is 38.2 Å². The number of nitrogen functional groups attached to an aromatic ring is 1. The first-order valence-electron chi connectivity index (χ1n) is 13.5. The minimum Gasteiger partial charge on any atom is -0.504 e. The Balaban J connectivity index is 1.39. The number of hydrogen-bond acceptors (Lipinski definition) is 11. The van der Waals surface area contributed by atoms with Crippen molar-refractivity contribution in [2.75, 3.05) is 18.8 Å². The Morgan fingerprint density at radius 1 is 1.20 bits per heavy atom. The van der Waals surface area contributed by atoms with E-state index in [1.54, 1.807) is 9.88 Å². The normalized spacial score (nSPS) is 15.2. The first kappa shape index (κ1) is 32.5. The van der Waals surface area contributed by atoms with Gasteiger partial charge in [0.1, 0.15) is 11.7 Å². The number of ether oxygens (including phenoxy) is 1. The first-order valence-corrected chi connectivity index (χ1v) is 14.3. The highest BCUT2D eigenvalue weighted by atomic mass is 32.2. The molecule has 1 fully saturated rings. The average Bonchev–Trinajstić information content (AvgIpc) is 3.36. The van der Waals surface area contributed by atoms with E-state index >= 15 is 0 Å². The third-order valence-electron chi connectivity index (χ3n) is 6.81. The largest absolute Gasteiger partial charge is 0.504 e. The van der Waals surface area contributed by atoms with E-state index in [0.29, 0.717) is 42.2 Å². The standard InChI is InChI=1S/C27H31F3N8O5S/c1-26(2,3)43-25(42)35-20(27(28,29)30)23(41)37-7-4-14(5-8-37)6-9-38-13-33-21(32)19-22(38)36-24(34-19)44-18-11-17(40)16(39)10-15(18)12-31/h10-11,13-14,20,39-40H,4-9,32H2,1-3H3,(H,35,42). The maximum Gasteiger partial charge on any atom is 0.417 e. The molecule has 0 bridgehead atoms. The number of piperidine rings is 1. The van der Waals surface area contributed by atoms with Crippen molar-refractivity contribution in [1.82, 2.24) is 29.7 Å². The number of amides is 2. The number of rotatable bonds is 7. The van der Waals surface area contributed by atoms with E-state index in [4.69, 9.17) is 10.5 Å². The Morgan fingerprint density at radius 2 is 1.86 bits per heavy atom. The molecule has 3 aliphatic rings. The molecule has 0 saturated carbocycles. The van der Waals surface area contributed by atoms with Crippen LogP contribution in [0.5, 0.6) is 11.5 Å². The smallest absolute Gasteiger partial charge is 0.417 e. The van der Waals surface area contributed by atoms with Gasteiger partial charge in [-0.3, -0.25) is 4.79 Å². The quantitative estimate of drug-likeness (QED) is 0.275. The van der Waals surface area contributed by atoms with Gasteiger partial charge in [0.05, 0.1) is 11.9 Å². The van der Waals surface area contributed by atoms with Crippen molar-refractivity contribution >= 4 is 29.6 Å². The minimum atomic E-state index is -4.99. The third-order valence-corrected chi connectivity index (χ3v) is 7.73. The second-order valence-electron chi connectivity index (χ2n) is 11.2. The van der Waals surface area contributed by atoms with Crippen molar-refractivity contribution in [3.63, 3.8) is 0 Å². The second-order valence-corrected chi connectivity index (χ2v) is 12.2. The molecule has 3 aliphatic heterocycles. The van der Waals surface area contributed by atoms with Crippen molar-refractivity contribution in [2.24, 2.45) is 5.92 Å². The summed E-state index contributed by atoms with van der Waals surface area (Å²) in [5.74, 6) is -1.43. The lowest BCUT2D eigenvalue weighted by atomic mass is 9.93. The van der Waals surface area contributed by atoms with Gasteiger partial charge in [0.2, 0.25) is 6.04 Å². The van der Waals surface area contributed by atoms with Crippen LogP contribution in [0, 0.1) is 17.2 Å². The second kappa shape index (κ2) is 12.6. The van der Waals surface area contributed by atoms with Crippen LogP contribution in [0.3, 0.4) is 0 Å². The number of benzene rings is 1. The molecule has 2 amide bonds. The molecule has 4 rings (SSSR count). The van der Waals surface area contributed by atoms with Crippen molar-refractivity contribution in [3.8, 4) is 29.1 Å². The van der Waals surface area contributed by atoms with Gasteiger partial charge in [0.25, 0.3) is 5.91 Å². The molecule has 0 spiro atoms. The molecule has 236 valence electrons. The maximum absolute atomic E-state index is 13.7. The molecule has 0 aliphatic carbocycles. The van der Waals surface area contributed by atoms with Crippen molar-refractivity contribution in [3.05, 3.63) is 24.0 Å². The highest BCUT2D eigenvalue weighted by Crippen LogP contribution is 2.38. The number of nitrogens with two attached hydrogens (primary N) is 1. The Kier molecular flexibility index (Phi) is 9.33. The number of imidazole rings is 1. The van der Waals surface area contributed by atoms with Crippen LogP contribution in [0.4, 0.5) is 23.8 Å². The zero-order chi connectivity index (χ0) is 32.4. The van der Waals surface area contributed by atoms with E-state index in [0.717, 1.165) is 22.7 Å². The first-order chi connectivity index (χ1) is 20.6. The topological polar surface area (TPSA) is 193 Å². The monoisotopic (exact) mass is 636 g/mol. The Bertz CT molecular complexity index is 1540. The van der Waals surface area contributed by atoms with Crippen molar-refractivity contribution in [1.29, 1.82) is 5.26 Å². The Morgan fingerprint density at radius 3 is 2.48 bits per heavy atom. The van der Waals surface area contributed by atoms with Crippen LogP contribution in [0.1, 0.15) is 45.6 Å². The molecule has 0 aromatic heterocycles. The summed E-state index contributed by atoms with van der Waals surface area (Å²) in [6.07, 6.45) is -3.32. The number of nitriles is 1. The molecule has 44 heavy (non-hydrogen) atoms. The van der Waals surface area contributed by atoms with Gasteiger partial charge in [-0.25, -0.2) is 19.7 Å². The van der Waals surface area contributed by atoms with E-state index in [1.165, 1.54) is 33.2 Å². The third kappa shape index (κ3) is 7.73. The zero-order valence-electron chi connectivity index (χ0n) is 24.1. The summed E-state index contributed by atoms with van der Waals surface area (Å²) in [6.45, 7) is 5.11. The lowest BCUT2D eigenvalue weighted by Gasteiger charge is -2.35. The number of hydrogen-bond donors (Lipinski definition) is 4. The summed E-state index contributed by atoms with van der Waals surface area (Å²) in [4.78, 5) is 39.3. The van der Waals surface area contributed by atoms with Gasteiger partial charge in [-0.05, 0) is 63.8 Å². The van der Waals surface area contributed by atoms with Crippen LogP contribution in [0.25, 0.3) is 11.5 Å². The average molecular weight is 637 g/mol. The number of likely N-dealkylation sites (tertiary alicyclic amines) is 1. The zero-order valence-corrected chi connectivity index (χ0v) is 24.9. The number of nitrogens with zero attached hydrogens (tertiary/aromatic N) is 6. The van der Waals surface area contributed by atoms with Crippen LogP contribution in [0.2, 0.25) is 0 Å². The van der Waals surface area contributed by atoms with E-state index in [-0.39, 0.29) is 35.5 Å². The summed E-state index contributed by atoms with van der Waals surface area (Å²) in [5.41, 5.74) is 5.43. The minimum absolute atomic E-state index is 0.0808. The summed E-state index contributed by atoms with van der Waals surface area (Å²) in [6, 6.07) is 1.60. The Labute approximate surface area is 254 Å². The number of alkyl halides is 3. The van der Waals surface area contributed by atoms with Crippen LogP contribution < -0.4 is 11.1 Å². The van der Waals surface area contributed by atoms with Gasteiger partial charge in [-0.2, -0.15) is 18.4 Å². The molecule has 13 nitrogen and oxygen atoms in total. The number of aromatic nitrogens is 4. The molecule has 0 radical (unpaired) electrons. The molecule has 1 aromatic carbocycles. The number of phenolic OH excluding ortho intramolecular Hbond substituents is 2. The van der Waals surface area contributed by atoms with E-state index < -0.39 is 41.3 Å². The molecule has 1 aromatic rings. The van der Waals surface area contributed by atoms with Gasteiger partial charge >= 0.3 is 12.3 Å². The lowest BCUT2D eigenvalue weighted by molar-refractivity contribution is -0.175. The summed E-state index contributed by atoms with van der Waals surface area (Å²) in [7, 11) is 0. The fourth-order valence-corrected chi connectivity index (χ4v) is 5.48. The number of aromatic hydroxyl groups is 2. The lowest BCUT2D eigenvalue weighted by Crippen LogP contribution is -2.57. The number of carbonyl (C=O) groups excluding carboxylic acids is 2. The van der Waals surface area contributed by atoms with Gasteiger partial charge in [-0.15, -0.1) is 0 Å². The molecule has 1 atom stereocenters. The van der Waals surface area contributed by atoms with Crippen molar-refractivity contribution in [2.45, 2.75) is 74.4 Å². The van der Waals surface area contributed by atoms with Gasteiger partial charge < -0.3 is 35.5 Å².